The first-order valence-electron chi connectivity index (χ1n) is 10.3. The lowest BCUT2D eigenvalue weighted by Crippen LogP contribution is -2.31. The highest BCUT2D eigenvalue weighted by molar-refractivity contribution is 7.92. The second-order valence-electron chi connectivity index (χ2n) is 7.92. The highest BCUT2D eigenvalue weighted by atomic mass is 32.2. The molecule has 1 heterocycles. The minimum absolute atomic E-state index is 0.0631. The van der Waals surface area contributed by atoms with Crippen LogP contribution in [0.15, 0.2) is 47.5 Å². The van der Waals surface area contributed by atoms with Crippen LogP contribution in [0.25, 0.3) is 0 Å². The number of aryl methyl sites for hydroxylation is 4. The lowest BCUT2D eigenvalue weighted by atomic mass is 10.1. The van der Waals surface area contributed by atoms with Crippen molar-refractivity contribution in [2.24, 2.45) is 7.05 Å². The molecule has 0 aliphatic rings. The molecule has 0 aliphatic carbocycles. The molecular weight excluding hydrogens is 471 g/mol. The summed E-state index contributed by atoms with van der Waals surface area (Å²) in [5.41, 5.74) is 3.18. The van der Waals surface area contributed by atoms with Crippen LogP contribution >= 0.6 is 0 Å². The van der Waals surface area contributed by atoms with Gasteiger partial charge in [-0.05, 0) is 61.7 Å². The number of ether oxygens (including phenoxy) is 2. The van der Waals surface area contributed by atoms with Crippen molar-refractivity contribution < 1.29 is 31.1 Å². The molecule has 0 bridgehead atoms. The van der Waals surface area contributed by atoms with Crippen molar-refractivity contribution in [1.82, 2.24) is 9.78 Å². The zero-order valence-corrected chi connectivity index (χ0v) is 20.3. The standard InChI is InChI=1S/C23H26F3N3O4S/c1-15-6-8-19(10-16(15)2)34(30,31)29(20-13-28(4)27-17(20)3)12-18-7-9-21(22(11-18)32-5)33-14-23(24,25)26/h6-11,13H,12,14H2,1-5H3. The quantitative estimate of drug-likeness (QED) is 0.452. The highest BCUT2D eigenvalue weighted by Gasteiger charge is 2.30. The van der Waals surface area contributed by atoms with Gasteiger partial charge in [-0.15, -0.1) is 0 Å². The number of methoxy groups -OCH3 is 1. The third kappa shape index (κ3) is 5.64. The molecule has 0 unspecified atom stereocenters. The summed E-state index contributed by atoms with van der Waals surface area (Å²) in [7, 11) is -1.01. The summed E-state index contributed by atoms with van der Waals surface area (Å²) in [6, 6.07) is 9.19. The molecule has 11 heteroatoms. The first kappa shape index (κ1) is 25.4. The minimum atomic E-state index is -4.50. The summed E-state index contributed by atoms with van der Waals surface area (Å²) in [5.74, 6) is -0.0297. The van der Waals surface area contributed by atoms with E-state index in [2.05, 4.69) is 5.10 Å². The second-order valence-corrected chi connectivity index (χ2v) is 9.78. The number of hydrogen-bond donors (Lipinski definition) is 0. The summed E-state index contributed by atoms with van der Waals surface area (Å²) in [5, 5.41) is 4.27. The summed E-state index contributed by atoms with van der Waals surface area (Å²) in [4.78, 5) is 0.121. The van der Waals surface area contributed by atoms with Crippen LogP contribution in [0.4, 0.5) is 18.9 Å². The number of aromatic nitrogens is 2. The lowest BCUT2D eigenvalue weighted by molar-refractivity contribution is -0.153. The van der Waals surface area contributed by atoms with Gasteiger partial charge in [0, 0.05) is 13.2 Å². The van der Waals surface area contributed by atoms with Gasteiger partial charge in [0.05, 0.1) is 29.9 Å². The van der Waals surface area contributed by atoms with Crippen molar-refractivity contribution in [3.05, 3.63) is 65.0 Å². The van der Waals surface area contributed by atoms with E-state index in [0.29, 0.717) is 16.9 Å². The van der Waals surface area contributed by atoms with Crippen molar-refractivity contribution in [2.75, 3.05) is 18.0 Å². The number of sulfonamides is 1. The van der Waals surface area contributed by atoms with Crippen LogP contribution in [0, 0.1) is 20.8 Å². The Morgan fingerprint density at radius 3 is 2.29 bits per heavy atom. The Morgan fingerprint density at radius 2 is 1.74 bits per heavy atom. The van der Waals surface area contributed by atoms with Gasteiger partial charge in [0.15, 0.2) is 18.1 Å². The van der Waals surface area contributed by atoms with E-state index in [9.17, 15) is 21.6 Å². The van der Waals surface area contributed by atoms with Gasteiger partial charge < -0.3 is 9.47 Å². The predicted octanol–water partition coefficient (Wildman–Crippen LogP) is 4.69. The van der Waals surface area contributed by atoms with Gasteiger partial charge in [-0.1, -0.05) is 12.1 Å². The fraction of sp³-hybridized carbons (Fsp3) is 0.348. The molecule has 0 atom stereocenters. The Balaban J connectivity index is 2.03. The maximum atomic E-state index is 13.7. The molecule has 3 aromatic rings. The third-order valence-corrected chi connectivity index (χ3v) is 7.02. The molecule has 1 aromatic heterocycles. The van der Waals surface area contributed by atoms with E-state index in [4.69, 9.17) is 9.47 Å². The maximum Gasteiger partial charge on any atom is 0.422 e. The average Bonchev–Trinajstić information content (AvgIpc) is 3.09. The van der Waals surface area contributed by atoms with E-state index in [1.807, 2.05) is 13.8 Å². The Bertz CT molecular complexity index is 1290. The number of nitrogens with zero attached hydrogens (tertiary/aromatic N) is 3. The van der Waals surface area contributed by atoms with Gasteiger partial charge in [0.2, 0.25) is 0 Å². The van der Waals surface area contributed by atoms with Crippen molar-refractivity contribution in [2.45, 2.75) is 38.4 Å². The normalized spacial score (nSPS) is 12.0. The Labute approximate surface area is 196 Å². The van der Waals surface area contributed by atoms with E-state index in [0.717, 1.165) is 11.1 Å². The molecule has 2 aromatic carbocycles. The number of hydrogen-bond acceptors (Lipinski definition) is 5. The van der Waals surface area contributed by atoms with Crippen LogP contribution in [0.2, 0.25) is 0 Å². The van der Waals surface area contributed by atoms with E-state index < -0.39 is 22.8 Å². The van der Waals surface area contributed by atoms with Gasteiger partial charge >= 0.3 is 6.18 Å². The molecule has 0 radical (unpaired) electrons. The molecule has 0 aliphatic heterocycles. The fourth-order valence-electron chi connectivity index (χ4n) is 3.39. The lowest BCUT2D eigenvalue weighted by Gasteiger charge is -2.25. The number of alkyl halides is 3. The molecule has 0 spiro atoms. The fourth-order valence-corrected chi connectivity index (χ4v) is 4.97. The first-order chi connectivity index (χ1) is 15.8. The van der Waals surface area contributed by atoms with Crippen LogP contribution in [-0.2, 0) is 23.6 Å². The summed E-state index contributed by atoms with van der Waals surface area (Å²) < 4.78 is 77.8. The Hall–Kier alpha value is -3.21. The molecule has 0 saturated heterocycles. The number of anilines is 1. The van der Waals surface area contributed by atoms with Crippen LogP contribution in [0.3, 0.4) is 0 Å². The molecule has 34 heavy (non-hydrogen) atoms. The molecule has 0 saturated carbocycles. The average molecular weight is 498 g/mol. The van der Waals surface area contributed by atoms with E-state index in [1.165, 1.54) is 34.3 Å². The molecule has 3 rings (SSSR count). The topological polar surface area (TPSA) is 73.7 Å². The molecule has 7 nitrogen and oxygen atoms in total. The van der Waals surface area contributed by atoms with Gasteiger partial charge in [0.1, 0.15) is 0 Å². The van der Waals surface area contributed by atoms with E-state index >= 15 is 0 Å². The predicted molar refractivity (Wildman–Crippen MR) is 122 cm³/mol. The minimum Gasteiger partial charge on any atom is -0.493 e. The largest absolute Gasteiger partial charge is 0.493 e. The first-order valence-corrected chi connectivity index (χ1v) is 11.7. The van der Waals surface area contributed by atoms with Crippen molar-refractivity contribution in [3.63, 3.8) is 0 Å². The molecular formula is C23H26F3N3O4S. The van der Waals surface area contributed by atoms with Crippen LogP contribution < -0.4 is 13.8 Å². The van der Waals surface area contributed by atoms with Crippen LogP contribution in [0.5, 0.6) is 11.5 Å². The summed E-state index contributed by atoms with van der Waals surface area (Å²) in [6.07, 6.45) is -2.90. The van der Waals surface area contributed by atoms with Gasteiger partial charge in [0.25, 0.3) is 10.0 Å². The van der Waals surface area contributed by atoms with E-state index in [1.54, 1.807) is 38.4 Å². The van der Waals surface area contributed by atoms with Gasteiger partial charge in [-0.2, -0.15) is 18.3 Å². The maximum absolute atomic E-state index is 13.7. The summed E-state index contributed by atoms with van der Waals surface area (Å²) in [6.45, 7) is 3.86. The third-order valence-electron chi connectivity index (χ3n) is 5.27. The van der Waals surface area contributed by atoms with Crippen LogP contribution in [0.1, 0.15) is 22.4 Å². The number of benzene rings is 2. The second kappa shape index (κ2) is 9.57. The molecule has 0 N–H and O–H groups in total. The number of halogens is 3. The number of rotatable bonds is 8. The SMILES string of the molecule is COc1cc(CN(c2cn(C)nc2C)S(=O)(=O)c2ccc(C)c(C)c2)ccc1OCC(F)(F)F. The van der Waals surface area contributed by atoms with E-state index in [-0.39, 0.29) is 22.9 Å². The zero-order valence-electron chi connectivity index (χ0n) is 19.5. The highest BCUT2D eigenvalue weighted by Crippen LogP contribution is 2.33. The molecule has 0 amide bonds. The monoisotopic (exact) mass is 497 g/mol. The Kier molecular flexibility index (Phi) is 7.15. The van der Waals surface area contributed by atoms with Crippen molar-refractivity contribution in [3.8, 4) is 11.5 Å². The smallest absolute Gasteiger partial charge is 0.422 e. The van der Waals surface area contributed by atoms with Gasteiger partial charge in [-0.3, -0.25) is 8.99 Å². The van der Waals surface area contributed by atoms with Gasteiger partial charge in [-0.25, -0.2) is 8.42 Å². The van der Waals surface area contributed by atoms with Crippen molar-refractivity contribution in [1.29, 1.82) is 0 Å². The van der Waals surface area contributed by atoms with Crippen molar-refractivity contribution >= 4 is 15.7 Å². The summed E-state index contributed by atoms with van der Waals surface area (Å²) >= 11 is 0. The van der Waals surface area contributed by atoms with Crippen LogP contribution in [-0.4, -0.2) is 38.1 Å². The zero-order chi connectivity index (χ0) is 25.3. The Morgan fingerprint density at radius 1 is 1.03 bits per heavy atom. The molecule has 0 fully saturated rings. The molecule has 184 valence electrons.